The minimum atomic E-state index is -1.51. The summed E-state index contributed by atoms with van der Waals surface area (Å²) in [5, 5.41) is 39.2. The van der Waals surface area contributed by atoms with E-state index < -0.39 is 43.2 Å². The maximum atomic E-state index is 11.2. The first kappa shape index (κ1) is 20.2. The molecule has 28 heavy (non-hydrogen) atoms. The van der Waals surface area contributed by atoms with Crippen LogP contribution in [0.25, 0.3) is 0 Å². The summed E-state index contributed by atoms with van der Waals surface area (Å²) >= 11 is 0. The van der Waals surface area contributed by atoms with Gasteiger partial charge in [0, 0.05) is 12.0 Å². The third-order valence-corrected chi connectivity index (χ3v) is 4.70. The highest BCUT2D eigenvalue weighted by atomic mass is 16.7. The lowest BCUT2D eigenvalue weighted by atomic mass is 9.99. The third kappa shape index (κ3) is 4.32. The largest absolute Gasteiger partial charge is 0.462 e. The van der Waals surface area contributed by atoms with Crippen molar-refractivity contribution >= 4 is 5.91 Å². The molecule has 0 aromatic heterocycles. The number of amides is 1. The van der Waals surface area contributed by atoms with Crippen molar-refractivity contribution in [3.05, 3.63) is 65.2 Å². The van der Waals surface area contributed by atoms with Crippen molar-refractivity contribution in [1.29, 1.82) is 0 Å². The van der Waals surface area contributed by atoms with Crippen molar-refractivity contribution in [3.63, 3.8) is 0 Å². The Morgan fingerprint density at radius 3 is 2.32 bits per heavy atom. The first-order valence-electron chi connectivity index (χ1n) is 8.84. The number of aliphatic hydroxyl groups is 4. The molecule has 0 bridgehead atoms. The van der Waals surface area contributed by atoms with E-state index in [-0.39, 0.29) is 0 Å². The fraction of sp³-hybridized carbons (Fsp3) is 0.350. The van der Waals surface area contributed by atoms with Gasteiger partial charge in [-0.15, -0.1) is 0 Å². The van der Waals surface area contributed by atoms with Gasteiger partial charge in [-0.2, -0.15) is 0 Å². The van der Waals surface area contributed by atoms with Gasteiger partial charge in [0.15, 0.2) is 0 Å². The van der Waals surface area contributed by atoms with Crippen LogP contribution in [0.5, 0.6) is 5.75 Å². The summed E-state index contributed by atoms with van der Waals surface area (Å²) in [6.07, 6.45) is -6.26. The molecule has 2 aromatic rings. The first-order chi connectivity index (χ1) is 13.4. The zero-order valence-corrected chi connectivity index (χ0v) is 15.0. The second-order valence-electron chi connectivity index (χ2n) is 6.66. The van der Waals surface area contributed by atoms with E-state index in [2.05, 4.69) is 0 Å². The summed E-state index contributed by atoms with van der Waals surface area (Å²) in [6.45, 7) is -0.529. The summed E-state index contributed by atoms with van der Waals surface area (Å²) < 4.78 is 11.2. The Morgan fingerprint density at radius 1 is 1.00 bits per heavy atom. The number of hydrogen-bond acceptors (Lipinski definition) is 7. The van der Waals surface area contributed by atoms with E-state index in [0.29, 0.717) is 17.7 Å². The summed E-state index contributed by atoms with van der Waals surface area (Å²) in [6, 6.07) is 13.9. The number of benzene rings is 2. The molecule has 1 amide bonds. The van der Waals surface area contributed by atoms with Crippen LogP contribution in [-0.2, 0) is 11.2 Å². The van der Waals surface area contributed by atoms with Gasteiger partial charge in [-0.3, -0.25) is 4.79 Å². The molecular weight excluding hydrogens is 366 g/mol. The number of rotatable bonds is 6. The lowest BCUT2D eigenvalue weighted by molar-refractivity contribution is -0.277. The molecule has 8 heteroatoms. The van der Waals surface area contributed by atoms with Crippen molar-refractivity contribution in [2.24, 2.45) is 5.73 Å². The molecule has 8 nitrogen and oxygen atoms in total. The van der Waals surface area contributed by atoms with Crippen molar-refractivity contribution in [3.8, 4) is 5.75 Å². The van der Waals surface area contributed by atoms with E-state index in [1.807, 2.05) is 12.1 Å². The number of carbonyl (C=O) groups excluding carboxylic acids is 1. The Morgan fingerprint density at radius 2 is 1.68 bits per heavy atom. The van der Waals surface area contributed by atoms with Crippen molar-refractivity contribution in [1.82, 2.24) is 0 Å². The van der Waals surface area contributed by atoms with Crippen LogP contribution >= 0.6 is 0 Å². The minimum Gasteiger partial charge on any atom is -0.462 e. The summed E-state index contributed by atoms with van der Waals surface area (Å²) in [7, 11) is 0. The molecule has 1 fully saturated rings. The average Bonchev–Trinajstić information content (AvgIpc) is 2.70. The van der Waals surface area contributed by atoms with Gasteiger partial charge in [-0.1, -0.05) is 30.3 Å². The van der Waals surface area contributed by atoms with Gasteiger partial charge >= 0.3 is 0 Å². The summed E-state index contributed by atoms with van der Waals surface area (Å²) in [5.41, 5.74) is 7.36. The normalized spacial score (nSPS) is 27.4. The van der Waals surface area contributed by atoms with Gasteiger partial charge in [0.2, 0.25) is 12.2 Å². The fourth-order valence-corrected chi connectivity index (χ4v) is 3.06. The quantitative estimate of drug-likeness (QED) is 0.450. The van der Waals surface area contributed by atoms with E-state index in [4.69, 9.17) is 15.2 Å². The number of ether oxygens (including phenoxy) is 2. The van der Waals surface area contributed by atoms with E-state index in [0.717, 1.165) is 11.1 Å². The number of nitrogens with two attached hydrogens (primary N) is 1. The maximum absolute atomic E-state index is 11.2. The molecule has 1 aliphatic rings. The number of primary amides is 1. The van der Waals surface area contributed by atoms with Gasteiger partial charge in [-0.25, -0.2) is 0 Å². The number of aliphatic hydroxyl groups excluding tert-OH is 4. The van der Waals surface area contributed by atoms with Crippen molar-refractivity contribution < 1.29 is 34.7 Å². The molecule has 0 aliphatic carbocycles. The highest BCUT2D eigenvalue weighted by Gasteiger charge is 2.44. The monoisotopic (exact) mass is 389 g/mol. The fourth-order valence-electron chi connectivity index (χ4n) is 3.06. The zero-order valence-electron chi connectivity index (χ0n) is 15.0. The zero-order chi connectivity index (χ0) is 20.3. The van der Waals surface area contributed by atoms with Crippen LogP contribution in [0.2, 0.25) is 0 Å². The Kier molecular flexibility index (Phi) is 6.28. The molecule has 3 rings (SSSR count). The lowest BCUT2D eigenvalue weighted by Crippen LogP contribution is -2.60. The number of para-hydroxylation sites is 1. The topological polar surface area (TPSA) is 142 Å². The van der Waals surface area contributed by atoms with Gasteiger partial charge in [0.1, 0.15) is 30.2 Å². The van der Waals surface area contributed by atoms with Crippen molar-refractivity contribution in [2.45, 2.75) is 37.1 Å². The molecule has 1 heterocycles. The summed E-state index contributed by atoms with van der Waals surface area (Å²) in [4.78, 5) is 11.2. The SMILES string of the molecule is NC(=O)c1ccc(Cc2ccccc2O[C@@H]2O[C@H](CO)[C@@H](O)[C@H](O)[C@H]2O)cc1. The van der Waals surface area contributed by atoms with Gasteiger partial charge in [0.05, 0.1) is 6.61 Å². The molecule has 0 saturated carbocycles. The number of hydrogen-bond donors (Lipinski definition) is 5. The third-order valence-electron chi connectivity index (χ3n) is 4.70. The smallest absolute Gasteiger partial charge is 0.248 e. The van der Waals surface area contributed by atoms with Crippen LogP contribution < -0.4 is 10.5 Å². The molecule has 5 atom stereocenters. The Bertz CT molecular complexity index is 808. The molecule has 0 spiro atoms. The van der Waals surface area contributed by atoms with Crippen LogP contribution in [0.15, 0.2) is 48.5 Å². The van der Waals surface area contributed by atoms with E-state index in [1.54, 1.807) is 36.4 Å². The second-order valence-corrected chi connectivity index (χ2v) is 6.66. The number of carbonyl (C=O) groups is 1. The molecule has 1 aliphatic heterocycles. The molecule has 0 radical (unpaired) electrons. The second kappa shape index (κ2) is 8.68. The van der Waals surface area contributed by atoms with Crippen LogP contribution in [0, 0.1) is 0 Å². The standard InChI is InChI=1S/C20H23NO7/c21-19(26)12-7-5-11(6-8-12)9-13-3-1-2-4-14(13)27-20-18(25)17(24)16(23)15(10-22)28-20/h1-8,15-18,20,22-25H,9-10H2,(H2,21,26)/t15-,16-,17+,18-,20-/m1/s1. The van der Waals surface area contributed by atoms with Crippen LogP contribution in [-0.4, -0.2) is 63.6 Å². The molecule has 150 valence electrons. The Labute approximate surface area is 161 Å². The Hall–Kier alpha value is -2.49. The van der Waals surface area contributed by atoms with Gasteiger partial charge in [-0.05, 0) is 29.3 Å². The predicted octanol–water partition coefficient (Wildman–Crippen LogP) is -0.445. The van der Waals surface area contributed by atoms with Gasteiger partial charge in [0.25, 0.3) is 0 Å². The molecule has 0 unspecified atom stereocenters. The maximum Gasteiger partial charge on any atom is 0.248 e. The highest BCUT2D eigenvalue weighted by molar-refractivity contribution is 5.92. The first-order valence-corrected chi connectivity index (χ1v) is 8.84. The molecular formula is C20H23NO7. The average molecular weight is 389 g/mol. The molecule has 2 aromatic carbocycles. The van der Waals surface area contributed by atoms with Crippen LogP contribution in [0.4, 0.5) is 0 Å². The Balaban J connectivity index is 1.77. The van der Waals surface area contributed by atoms with Crippen molar-refractivity contribution in [2.75, 3.05) is 6.61 Å². The minimum absolute atomic E-state index is 0.412. The summed E-state index contributed by atoms with van der Waals surface area (Å²) in [5.74, 6) is -0.0799. The van der Waals surface area contributed by atoms with E-state index in [1.165, 1.54) is 0 Å². The predicted molar refractivity (Wildman–Crippen MR) is 98.6 cm³/mol. The molecule has 6 N–H and O–H groups in total. The van der Waals surface area contributed by atoms with E-state index in [9.17, 15) is 25.2 Å². The molecule has 1 saturated heterocycles. The van der Waals surface area contributed by atoms with Gasteiger partial charge < -0.3 is 35.6 Å². The lowest BCUT2D eigenvalue weighted by Gasteiger charge is -2.39. The van der Waals surface area contributed by atoms with Crippen LogP contribution in [0.3, 0.4) is 0 Å². The highest BCUT2D eigenvalue weighted by Crippen LogP contribution is 2.28. The van der Waals surface area contributed by atoms with E-state index >= 15 is 0 Å². The van der Waals surface area contributed by atoms with Crippen LogP contribution in [0.1, 0.15) is 21.5 Å².